The van der Waals surface area contributed by atoms with Gasteiger partial charge in [-0.25, -0.2) is 4.79 Å². The van der Waals surface area contributed by atoms with E-state index >= 15 is 0 Å². The summed E-state index contributed by atoms with van der Waals surface area (Å²) in [6.07, 6.45) is -2.28. The standard InChI is InChI=1S/C28H34N2O9/c1-3-17(2)19-5-7-20(8-6-19)27(34)29-11-10-25(33)30-22-12-18(15-37-16-31)4-9-23(22)38-26-14-21(32)13-24(39-26)28(35)36/h4-9,12,16-17,21,24,26,32H,3,10-11,13-15H2,1-2H3,(H,29,34)(H,30,33)(H,35,36). The van der Waals surface area contributed by atoms with E-state index in [9.17, 15) is 29.4 Å². The number of hydrogen-bond acceptors (Lipinski definition) is 8. The molecule has 11 heteroatoms. The molecule has 11 nitrogen and oxygen atoms in total. The van der Waals surface area contributed by atoms with Crippen LogP contribution in [0.1, 0.15) is 66.9 Å². The number of ether oxygens (including phenoxy) is 3. The van der Waals surface area contributed by atoms with E-state index in [4.69, 9.17) is 14.2 Å². The Morgan fingerprint density at radius 3 is 2.56 bits per heavy atom. The molecule has 4 N–H and O–H groups in total. The molecular weight excluding hydrogens is 508 g/mol. The van der Waals surface area contributed by atoms with E-state index in [1.807, 2.05) is 12.1 Å². The van der Waals surface area contributed by atoms with Gasteiger partial charge in [-0.1, -0.05) is 32.0 Å². The number of aliphatic carboxylic acids is 1. The highest BCUT2D eigenvalue weighted by molar-refractivity contribution is 5.95. The summed E-state index contributed by atoms with van der Waals surface area (Å²) in [6.45, 7) is 4.56. The summed E-state index contributed by atoms with van der Waals surface area (Å²) in [4.78, 5) is 47.1. The van der Waals surface area contributed by atoms with Gasteiger partial charge in [-0.15, -0.1) is 0 Å². The van der Waals surface area contributed by atoms with Crippen LogP contribution in [0, 0.1) is 0 Å². The summed E-state index contributed by atoms with van der Waals surface area (Å²) in [5, 5.41) is 24.7. The van der Waals surface area contributed by atoms with Crippen molar-refractivity contribution in [3.05, 3.63) is 59.2 Å². The fourth-order valence-corrected chi connectivity index (χ4v) is 4.04. The van der Waals surface area contributed by atoms with Crippen LogP contribution in [-0.4, -0.2) is 59.5 Å². The number of carbonyl (C=O) groups excluding carboxylic acids is 3. The fraction of sp³-hybridized carbons (Fsp3) is 0.429. The highest BCUT2D eigenvalue weighted by Gasteiger charge is 2.34. The minimum atomic E-state index is -1.23. The lowest BCUT2D eigenvalue weighted by atomic mass is 9.97. The number of aliphatic hydroxyl groups is 1. The molecule has 0 radical (unpaired) electrons. The van der Waals surface area contributed by atoms with Crippen molar-refractivity contribution >= 4 is 29.9 Å². The van der Waals surface area contributed by atoms with E-state index in [0.29, 0.717) is 23.5 Å². The van der Waals surface area contributed by atoms with Crippen molar-refractivity contribution in [2.75, 3.05) is 11.9 Å². The molecule has 4 unspecified atom stereocenters. The van der Waals surface area contributed by atoms with Gasteiger partial charge in [0.1, 0.15) is 12.4 Å². The zero-order chi connectivity index (χ0) is 28.4. The molecule has 4 atom stereocenters. The predicted octanol–water partition coefficient (Wildman–Crippen LogP) is 2.96. The van der Waals surface area contributed by atoms with Crippen molar-refractivity contribution in [3.63, 3.8) is 0 Å². The second-order valence-electron chi connectivity index (χ2n) is 9.36. The number of carbonyl (C=O) groups is 4. The first-order chi connectivity index (χ1) is 18.7. The largest absolute Gasteiger partial charge is 0.479 e. The van der Waals surface area contributed by atoms with Crippen LogP contribution in [-0.2, 0) is 30.5 Å². The average Bonchev–Trinajstić information content (AvgIpc) is 2.92. The fourth-order valence-electron chi connectivity index (χ4n) is 4.04. The van der Waals surface area contributed by atoms with Gasteiger partial charge >= 0.3 is 5.97 Å². The Kier molecular flexibility index (Phi) is 10.8. The first-order valence-electron chi connectivity index (χ1n) is 12.8. The topological polar surface area (TPSA) is 160 Å². The van der Waals surface area contributed by atoms with E-state index in [1.54, 1.807) is 24.3 Å². The maximum atomic E-state index is 12.7. The van der Waals surface area contributed by atoms with Crippen LogP contribution in [0.15, 0.2) is 42.5 Å². The number of aliphatic hydroxyl groups excluding tert-OH is 1. The van der Waals surface area contributed by atoms with Crippen molar-refractivity contribution in [1.29, 1.82) is 0 Å². The summed E-state index contributed by atoms with van der Waals surface area (Å²) in [5.74, 6) is -1.36. The number of hydrogen-bond donors (Lipinski definition) is 4. The Hall–Kier alpha value is -3.96. The van der Waals surface area contributed by atoms with Gasteiger partial charge in [0.05, 0.1) is 11.8 Å². The van der Waals surface area contributed by atoms with Gasteiger partial charge in [0.2, 0.25) is 12.2 Å². The van der Waals surface area contributed by atoms with E-state index in [1.165, 1.54) is 6.07 Å². The third-order valence-corrected chi connectivity index (χ3v) is 6.43. The highest BCUT2D eigenvalue weighted by Crippen LogP contribution is 2.30. The summed E-state index contributed by atoms with van der Waals surface area (Å²) >= 11 is 0. The zero-order valence-corrected chi connectivity index (χ0v) is 21.9. The number of nitrogens with one attached hydrogen (secondary N) is 2. The quantitative estimate of drug-likeness (QED) is 0.279. The Bertz CT molecular complexity index is 1150. The number of carboxylic acid groups (broad SMARTS) is 1. The van der Waals surface area contributed by atoms with Crippen molar-refractivity contribution < 1.29 is 43.6 Å². The molecule has 0 bridgehead atoms. The Morgan fingerprint density at radius 2 is 1.90 bits per heavy atom. The van der Waals surface area contributed by atoms with Crippen LogP contribution < -0.4 is 15.4 Å². The van der Waals surface area contributed by atoms with Gasteiger partial charge in [-0.05, 0) is 47.7 Å². The molecule has 1 fully saturated rings. The summed E-state index contributed by atoms with van der Waals surface area (Å²) in [7, 11) is 0. The maximum absolute atomic E-state index is 12.7. The molecule has 1 heterocycles. The first-order valence-corrected chi connectivity index (χ1v) is 12.8. The third-order valence-electron chi connectivity index (χ3n) is 6.43. The zero-order valence-electron chi connectivity index (χ0n) is 21.9. The lowest BCUT2D eigenvalue weighted by molar-refractivity contribution is -0.195. The molecule has 0 aromatic heterocycles. The average molecular weight is 543 g/mol. The number of carboxylic acids is 1. The lowest BCUT2D eigenvalue weighted by Gasteiger charge is -2.31. The Morgan fingerprint density at radius 1 is 1.15 bits per heavy atom. The van der Waals surface area contributed by atoms with Crippen LogP contribution in [0.25, 0.3) is 0 Å². The van der Waals surface area contributed by atoms with E-state index in [2.05, 4.69) is 24.5 Å². The molecule has 1 aliphatic heterocycles. The summed E-state index contributed by atoms with van der Waals surface area (Å²) < 4.78 is 16.0. The lowest BCUT2D eigenvalue weighted by Crippen LogP contribution is -2.42. The second kappa shape index (κ2) is 14.3. The second-order valence-corrected chi connectivity index (χ2v) is 9.36. The molecule has 0 saturated carbocycles. The van der Waals surface area contributed by atoms with Gasteiger partial charge in [0, 0.05) is 31.4 Å². The maximum Gasteiger partial charge on any atom is 0.333 e. The van der Waals surface area contributed by atoms with Gasteiger partial charge < -0.3 is 35.1 Å². The first kappa shape index (κ1) is 29.6. The van der Waals surface area contributed by atoms with Gasteiger partial charge in [-0.2, -0.15) is 0 Å². The molecule has 2 amide bonds. The number of amides is 2. The minimum Gasteiger partial charge on any atom is -0.479 e. The van der Waals surface area contributed by atoms with Crippen LogP contribution in [0.5, 0.6) is 5.75 Å². The van der Waals surface area contributed by atoms with Gasteiger partial charge in [0.15, 0.2) is 6.10 Å². The molecule has 1 saturated heterocycles. The molecule has 2 aromatic rings. The van der Waals surface area contributed by atoms with Gasteiger partial charge in [-0.3, -0.25) is 14.4 Å². The van der Waals surface area contributed by atoms with E-state index in [0.717, 1.165) is 12.0 Å². The summed E-state index contributed by atoms with van der Waals surface area (Å²) in [6, 6.07) is 12.0. The van der Waals surface area contributed by atoms with Crippen LogP contribution in [0.2, 0.25) is 0 Å². The number of rotatable bonds is 13. The molecule has 3 rings (SSSR count). The van der Waals surface area contributed by atoms with Crippen LogP contribution in [0.4, 0.5) is 5.69 Å². The van der Waals surface area contributed by atoms with E-state index < -0.39 is 30.4 Å². The van der Waals surface area contributed by atoms with Crippen molar-refractivity contribution in [2.24, 2.45) is 0 Å². The molecular formula is C28H34N2O9. The summed E-state index contributed by atoms with van der Waals surface area (Å²) in [5.41, 5.74) is 2.44. The van der Waals surface area contributed by atoms with Crippen LogP contribution >= 0.6 is 0 Å². The third kappa shape index (κ3) is 8.79. The van der Waals surface area contributed by atoms with Crippen molar-refractivity contribution in [2.45, 2.75) is 70.6 Å². The van der Waals surface area contributed by atoms with Gasteiger partial charge in [0.25, 0.3) is 12.4 Å². The molecule has 1 aliphatic rings. The monoisotopic (exact) mass is 542 g/mol. The van der Waals surface area contributed by atoms with Crippen LogP contribution in [0.3, 0.4) is 0 Å². The molecule has 2 aromatic carbocycles. The molecule has 39 heavy (non-hydrogen) atoms. The number of anilines is 1. The number of benzene rings is 2. The molecule has 0 spiro atoms. The minimum absolute atomic E-state index is 0.0368. The smallest absolute Gasteiger partial charge is 0.333 e. The normalized spacial score (nSPS) is 19.4. The Balaban J connectivity index is 1.61. The Labute approximate surface area is 226 Å². The predicted molar refractivity (Wildman–Crippen MR) is 140 cm³/mol. The highest BCUT2D eigenvalue weighted by atomic mass is 16.7. The van der Waals surface area contributed by atoms with Crippen molar-refractivity contribution in [1.82, 2.24) is 5.32 Å². The molecule has 0 aliphatic carbocycles. The molecule has 210 valence electrons. The van der Waals surface area contributed by atoms with Crippen molar-refractivity contribution in [3.8, 4) is 5.75 Å². The van der Waals surface area contributed by atoms with E-state index in [-0.39, 0.29) is 49.8 Å². The SMILES string of the molecule is CCC(C)c1ccc(C(=O)NCCC(=O)Nc2cc(COC=O)ccc2OC2CC(O)CC(C(=O)O)O2)cc1.